The predicted molar refractivity (Wildman–Crippen MR) is 146 cm³/mol. The molecule has 3 rings (SSSR count). The lowest BCUT2D eigenvalue weighted by atomic mass is 9.73. The van der Waals surface area contributed by atoms with Crippen molar-refractivity contribution in [3.63, 3.8) is 0 Å². The summed E-state index contributed by atoms with van der Waals surface area (Å²) in [4.78, 5) is 27.0. The van der Waals surface area contributed by atoms with E-state index in [1.165, 1.54) is 10.5 Å². The average Bonchev–Trinajstić information content (AvgIpc) is 2.88. The minimum atomic E-state index is -3.12. The summed E-state index contributed by atoms with van der Waals surface area (Å²) in [6.07, 6.45) is 1.24. The van der Waals surface area contributed by atoms with Crippen LogP contribution in [0.5, 0.6) is 11.5 Å². The Morgan fingerprint density at radius 3 is 2.28 bits per heavy atom. The quantitative estimate of drug-likeness (QED) is 0.263. The van der Waals surface area contributed by atoms with Gasteiger partial charge in [0.1, 0.15) is 11.5 Å². The molecule has 1 fully saturated rings. The molecule has 1 aliphatic carbocycles. The Morgan fingerprint density at radius 1 is 1.08 bits per heavy atom. The largest absolute Gasteiger partial charge is 0.493 e. The van der Waals surface area contributed by atoms with Gasteiger partial charge < -0.3 is 24.8 Å². The number of carbonyl (C=O) groups is 2. The number of unbranched alkanes of at least 4 members (excludes halogenated alkanes) is 1. The molecule has 2 amide bonds. The monoisotopic (exact) mass is 546 g/mol. The summed E-state index contributed by atoms with van der Waals surface area (Å²) in [5, 5.41) is 12.1. The van der Waals surface area contributed by atoms with Crippen molar-refractivity contribution in [3.05, 3.63) is 59.2 Å². The number of alkyl halides is 2. The fraction of sp³-hybridized carbons (Fsp3) is 0.533. The van der Waals surface area contributed by atoms with Crippen molar-refractivity contribution in [2.24, 2.45) is 0 Å². The van der Waals surface area contributed by atoms with Crippen molar-refractivity contribution in [3.8, 4) is 11.5 Å². The molecule has 0 aliphatic heterocycles. The molecule has 0 bridgehead atoms. The number of aryl methyl sites for hydroxylation is 1. The smallest absolute Gasteiger partial charge is 0.329 e. The van der Waals surface area contributed by atoms with Gasteiger partial charge in [0.15, 0.2) is 5.54 Å². The van der Waals surface area contributed by atoms with Crippen molar-refractivity contribution in [2.75, 3.05) is 19.8 Å². The highest BCUT2D eigenvalue weighted by Gasteiger charge is 2.62. The number of nitrogens with zero attached hydrogens (tertiary/aromatic N) is 1. The van der Waals surface area contributed by atoms with Gasteiger partial charge in [0.2, 0.25) is 0 Å². The number of benzene rings is 2. The first kappa shape index (κ1) is 30.2. The van der Waals surface area contributed by atoms with Crippen LogP contribution < -0.4 is 14.8 Å². The number of carboxylic acid groups (broad SMARTS) is 1. The van der Waals surface area contributed by atoms with Gasteiger partial charge in [0.25, 0.3) is 5.92 Å². The Balaban J connectivity index is 1.86. The molecule has 1 atom stereocenters. The minimum Gasteiger partial charge on any atom is -0.493 e. The van der Waals surface area contributed by atoms with Crippen LogP contribution in [0.4, 0.5) is 13.6 Å². The fourth-order valence-electron chi connectivity index (χ4n) is 4.90. The highest BCUT2D eigenvalue weighted by Crippen LogP contribution is 2.46. The number of nitrogens with one attached hydrogen (secondary N) is 1. The average molecular weight is 547 g/mol. The number of carboxylic acids is 1. The van der Waals surface area contributed by atoms with Gasteiger partial charge in [-0.1, -0.05) is 37.3 Å². The van der Waals surface area contributed by atoms with Crippen LogP contribution in [0.15, 0.2) is 42.5 Å². The van der Waals surface area contributed by atoms with E-state index in [9.17, 15) is 23.5 Å². The van der Waals surface area contributed by atoms with Crippen LogP contribution in [0.3, 0.4) is 0 Å². The second kappa shape index (κ2) is 13.1. The third kappa shape index (κ3) is 7.61. The molecule has 9 heteroatoms. The lowest BCUT2D eigenvalue weighted by Crippen LogP contribution is -2.68. The summed E-state index contributed by atoms with van der Waals surface area (Å²) in [6.45, 7) is 8.92. The number of hydrogen-bond donors (Lipinski definition) is 2. The maximum atomic E-state index is 13.7. The van der Waals surface area contributed by atoms with Gasteiger partial charge in [-0.25, -0.2) is 18.4 Å². The van der Waals surface area contributed by atoms with Gasteiger partial charge in [-0.2, -0.15) is 0 Å². The molecule has 0 heterocycles. The molecular weight excluding hydrogens is 506 g/mol. The van der Waals surface area contributed by atoms with Crippen LogP contribution in [0.2, 0.25) is 0 Å². The third-order valence-corrected chi connectivity index (χ3v) is 7.14. The SMILES string of the molecule is CCCOc1cc(C(C)N(CCCCc2ccccc2)C(=O)NC2(C(=O)O)CC(F)(F)C2)cc(OCC)c1C. The van der Waals surface area contributed by atoms with Crippen molar-refractivity contribution in [1.29, 1.82) is 0 Å². The molecule has 2 N–H and O–H groups in total. The van der Waals surface area contributed by atoms with Crippen LogP contribution >= 0.6 is 0 Å². The van der Waals surface area contributed by atoms with Gasteiger partial charge >= 0.3 is 12.0 Å². The minimum absolute atomic E-state index is 0.314. The molecule has 2 aromatic rings. The Labute approximate surface area is 229 Å². The third-order valence-electron chi connectivity index (χ3n) is 7.14. The highest BCUT2D eigenvalue weighted by molar-refractivity contribution is 5.88. The number of hydrogen-bond acceptors (Lipinski definition) is 4. The first-order valence-corrected chi connectivity index (χ1v) is 13.7. The summed E-state index contributed by atoms with van der Waals surface area (Å²) in [7, 11) is 0. The first-order valence-electron chi connectivity index (χ1n) is 13.7. The molecular formula is C30H40F2N2O5. The molecule has 214 valence electrons. The molecule has 0 saturated heterocycles. The normalized spacial score (nSPS) is 16.1. The summed E-state index contributed by atoms with van der Waals surface area (Å²) in [5.41, 5.74) is 0.792. The molecule has 1 aliphatic rings. The van der Waals surface area contributed by atoms with Crippen LogP contribution in [-0.2, 0) is 11.2 Å². The van der Waals surface area contributed by atoms with E-state index in [4.69, 9.17) is 9.47 Å². The van der Waals surface area contributed by atoms with Gasteiger partial charge in [0, 0.05) is 24.9 Å². The lowest BCUT2D eigenvalue weighted by molar-refractivity contribution is -0.175. The molecule has 0 spiro atoms. The van der Waals surface area contributed by atoms with Crippen LogP contribution in [0.1, 0.15) is 75.6 Å². The number of ether oxygens (including phenoxy) is 2. The summed E-state index contributed by atoms with van der Waals surface area (Å²) in [5.74, 6) is -3.29. The van der Waals surface area contributed by atoms with Crippen LogP contribution in [-0.4, -0.2) is 53.2 Å². The highest BCUT2D eigenvalue weighted by atomic mass is 19.3. The molecule has 2 aromatic carbocycles. The number of amides is 2. The second-order valence-electron chi connectivity index (χ2n) is 10.3. The maximum absolute atomic E-state index is 13.7. The van der Waals surface area contributed by atoms with Gasteiger partial charge in [-0.3, -0.25) is 0 Å². The van der Waals surface area contributed by atoms with Crippen molar-refractivity contribution >= 4 is 12.0 Å². The van der Waals surface area contributed by atoms with E-state index in [1.54, 1.807) is 0 Å². The van der Waals surface area contributed by atoms with Gasteiger partial charge in [-0.05, 0) is 69.7 Å². The number of urea groups is 1. The Bertz CT molecular complexity index is 1120. The zero-order valence-corrected chi connectivity index (χ0v) is 23.3. The standard InChI is InChI=1S/C30H40F2N2O5/c1-5-16-39-26-18-24(17-25(21(26)3)38-6-2)22(4)34(15-11-10-14-23-12-8-7-9-13-23)28(37)33-29(27(35)36)19-30(31,32)20-29/h7-9,12-13,17-18,22H,5-6,10-11,14-16,19-20H2,1-4H3,(H,33,37)(H,35,36). The lowest BCUT2D eigenvalue weighted by Gasteiger charge is -2.45. The first-order chi connectivity index (χ1) is 18.5. The maximum Gasteiger partial charge on any atom is 0.329 e. The van der Waals surface area contributed by atoms with Crippen LogP contribution in [0.25, 0.3) is 0 Å². The zero-order valence-electron chi connectivity index (χ0n) is 23.3. The van der Waals surface area contributed by atoms with Gasteiger partial charge in [0.05, 0.1) is 19.3 Å². The van der Waals surface area contributed by atoms with E-state index in [1.807, 2.05) is 70.2 Å². The van der Waals surface area contributed by atoms with E-state index >= 15 is 0 Å². The Kier molecular flexibility index (Phi) is 10.2. The van der Waals surface area contributed by atoms with E-state index in [0.717, 1.165) is 30.4 Å². The number of halogens is 2. The topological polar surface area (TPSA) is 88.1 Å². The van der Waals surface area contributed by atoms with E-state index in [-0.39, 0.29) is 0 Å². The van der Waals surface area contributed by atoms with E-state index < -0.39 is 42.3 Å². The summed E-state index contributed by atoms with van der Waals surface area (Å²) in [6, 6.07) is 12.5. The Hall–Kier alpha value is -3.36. The van der Waals surface area contributed by atoms with Crippen molar-refractivity contribution in [2.45, 2.75) is 83.7 Å². The van der Waals surface area contributed by atoms with E-state index in [0.29, 0.717) is 37.7 Å². The molecule has 7 nitrogen and oxygen atoms in total. The zero-order chi connectivity index (χ0) is 28.6. The van der Waals surface area contributed by atoms with E-state index in [2.05, 4.69) is 5.32 Å². The summed E-state index contributed by atoms with van der Waals surface area (Å²) >= 11 is 0. The fourth-order valence-corrected chi connectivity index (χ4v) is 4.90. The summed E-state index contributed by atoms with van der Waals surface area (Å²) < 4.78 is 39.2. The van der Waals surface area contributed by atoms with Crippen molar-refractivity contribution in [1.82, 2.24) is 10.2 Å². The Morgan fingerprint density at radius 2 is 1.72 bits per heavy atom. The molecule has 0 radical (unpaired) electrons. The second-order valence-corrected chi connectivity index (χ2v) is 10.3. The predicted octanol–water partition coefficient (Wildman–Crippen LogP) is 6.53. The van der Waals surface area contributed by atoms with Crippen LogP contribution in [0, 0.1) is 6.92 Å². The molecule has 1 saturated carbocycles. The molecule has 1 unspecified atom stereocenters. The molecule has 39 heavy (non-hydrogen) atoms. The number of carbonyl (C=O) groups excluding carboxylic acids is 1. The van der Waals surface area contributed by atoms with Crippen molar-refractivity contribution < 1.29 is 33.0 Å². The number of rotatable bonds is 14. The van der Waals surface area contributed by atoms with Gasteiger partial charge in [-0.15, -0.1) is 0 Å². The number of aliphatic carboxylic acids is 1. The molecule has 0 aromatic heterocycles.